The maximum atomic E-state index is 11.8. The highest BCUT2D eigenvalue weighted by Gasteiger charge is 2.12. The van der Waals surface area contributed by atoms with E-state index in [4.69, 9.17) is 10.5 Å². The first-order valence-electron chi connectivity index (χ1n) is 5.68. The van der Waals surface area contributed by atoms with Crippen molar-refractivity contribution in [2.45, 2.75) is 19.8 Å². The molecule has 0 aliphatic carbocycles. The molecular weight excluding hydrogens is 218 g/mol. The summed E-state index contributed by atoms with van der Waals surface area (Å²) in [7, 11) is 1.55. The van der Waals surface area contributed by atoms with Crippen molar-refractivity contribution in [1.82, 2.24) is 4.98 Å². The molecule has 0 saturated carbocycles. The summed E-state index contributed by atoms with van der Waals surface area (Å²) < 4.78 is 4.94. The Balaban J connectivity index is 2.49. The van der Waals surface area contributed by atoms with Gasteiger partial charge in [-0.2, -0.15) is 0 Å². The van der Waals surface area contributed by atoms with E-state index in [9.17, 15) is 4.79 Å². The molecule has 0 bridgehead atoms. The lowest BCUT2D eigenvalue weighted by atomic mass is 10.0. The molecule has 94 valence electrons. The van der Waals surface area contributed by atoms with E-state index < -0.39 is 0 Å². The third-order valence-corrected chi connectivity index (χ3v) is 2.50. The molecule has 0 spiro atoms. The van der Waals surface area contributed by atoms with Crippen LogP contribution in [0.2, 0.25) is 0 Å². The maximum absolute atomic E-state index is 11.8. The summed E-state index contributed by atoms with van der Waals surface area (Å²) in [6.07, 6.45) is 3.23. The van der Waals surface area contributed by atoms with Crippen LogP contribution in [-0.4, -0.2) is 24.5 Å². The lowest BCUT2D eigenvalue weighted by molar-refractivity contribution is -0.119. The highest BCUT2D eigenvalue weighted by atomic mass is 16.5. The molecule has 0 fully saturated rings. The third-order valence-electron chi connectivity index (χ3n) is 2.50. The van der Waals surface area contributed by atoms with E-state index in [1.165, 1.54) is 0 Å². The second-order valence-corrected chi connectivity index (χ2v) is 3.91. The molecule has 1 amide bonds. The normalized spacial score (nSPS) is 11.9. The number of nitrogens with two attached hydrogens (primary N) is 1. The van der Waals surface area contributed by atoms with Gasteiger partial charge in [-0.15, -0.1) is 0 Å². The minimum atomic E-state index is -0.0411. The van der Waals surface area contributed by atoms with Crippen LogP contribution in [0.25, 0.3) is 0 Å². The van der Waals surface area contributed by atoms with E-state index in [2.05, 4.69) is 10.3 Å². The molecule has 0 radical (unpaired) electrons. The summed E-state index contributed by atoms with van der Waals surface area (Å²) in [6.45, 7) is 2.50. The zero-order valence-corrected chi connectivity index (χ0v) is 10.3. The van der Waals surface area contributed by atoms with Gasteiger partial charge in [0.1, 0.15) is 0 Å². The van der Waals surface area contributed by atoms with Crippen molar-refractivity contribution < 1.29 is 9.53 Å². The van der Waals surface area contributed by atoms with Gasteiger partial charge in [-0.25, -0.2) is 4.98 Å². The summed E-state index contributed by atoms with van der Waals surface area (Å²) in [6, 6.07) is 3.47. The van der Waals surface area contributed by atoms with E-state index >= 15 is 0 Å². The van der Waals surface area contributed by atoms with Crippen LogP contribution in [-0.2, 0) is 4.79 Å². The molecule has 5 heteroatoms. The molecule has 5 nitrogen and oxygen atoms in total. The Morgan fingerprint density at radius 2 is 2.35 bits per heavy atom. The van der Waals surface area contributed by atoms with Gasteiger partial charge in [0.15, 0.2) is 0 Å². The number of hydrogen-bond acceptors (Lipinski definition) is 4. The molecule has 1 aromatic heterocycles. The largest absolute Gasteiger partial charge is 0.481 e. The van der Waals surface area contributed by atoms with Gasteiger partial charge >= 0.3 is 0 Å². The molecule has 0 aliphatic rings. The number of rotatable bonds is 6. The van der Waals surface area contributed by atoms with Crippen molar-refractivity contribution in [2.75, 3.05) is 19.0 Å². The van der Waals surface area contributed by atoms with Crippen molar-refractivity contribution in [3.8, 4) is 5.88 Å². The zero-order valence-electron chi connectivity index (χ0n) is 10.3. The van der Waals surface area contributed by atoms with Crippen LogP contribution in [0.3, 0.4) is 0 Å². The molecule has 1 unspecified atom stereocenters. The third kappa shape index (κ3) is 4.40. The summed E-state index contributed by atoms with van der Waals surface area (Å²) in [5.74, 6) is 0.477. The summed E-state index contributed by atoms with van der Waals surface area (Å²) in [4.78, 5) is 15.8. The van der Waals surface area contributed by atoms with Crippen LogP contribution >= 0.6 is 0 Å². The van der Waals surface area contributed by atoms with Crippen LogP contribution in [0.1, 0.15) is 19.8 Å². The van der Waals surface area contributed by atoms with Gasteiger partial charge < -0.3 is 15.8 Å². The molecular formula is C12H19N3O2. The molecule has 1 aromatic rings. The molecule has 0 aromatic carbocycles. The van der Waals surface area contributed by atoms with Crippen LogP contribution in [0, 0.1) is 5.92 Å². The fourth-order valence-electron chi connectivity index (χ4n) is 1.40. The lowest BCUT2D eigenvalue weighted by Crippen LogP contribution is -2.21. The number of anilines is 1. The van der Waals surface area contributed by atoms with Crippen LogP contribution < -0.4 is 15.8 Å². The minimum absolute atomic E-state index is 0.00887. The summed E-state index contributed by atoms with van der Waals surface area (Å²) >= 11 is 0. The van der Waals surface area contributed by atoms with E-state index in [0.29, 0.717) is 18.1 Å². The first kappa shape index (κ1) is 13.4. The van der Waals surface area contributed by atoms with Gasteiger partial charge in [0.2, 0.25) is 11.8 Å². The van der Waals surface area contributed by atoms with Gasteiger partial charge in [-0.3, -0.25) is 4.79 Å². The van der Waals surface area contributed by atoms with Gasteiger partial charge in [0.05, 0.1) is 19.0 Å². The highest BCUT2D eigenvalue weighted by molar-refractivity contribution is 5.92. The summed E-state index contributed by atoms with van der Waals surface area (Å²) in [5.41, 5.74) is 6.08. The molecule has 0 saturated heterocycles. The summed E-state index contributed by atoms with van der Waals surface area (Å²) in [5, 5.41) is 2.80. The molecule has 0 aliphatic heterocycles. The van der Waals surface area contributed by atoms with Crippen molar-refractivity contribution in [1.29, 1.82) is 0 Å². The first-order chi connectivity index (χ1) is 8.17. The zero-order chi connectivity index (χ0) is 12.7. The number of pyridine rings is 1. The molecule has 17 heavy (non-hydrogen) atoms. The van der Waals surface area contributed by atoms with Crippen LogP contribution in [0.15, 0.2) is 18.3 Å². The fraction of sp³-hybridized carbons (Fsp3) is 0.500. The standard InChI is InChI=1S/C12H19N3O2/c1-9(4-3-7-13)12(16)15-10-5-6-11(17-2)14-8-10/h5-6,8-9H,3-4,7,13H2,1-2H3,(H,15,16). The molecule has 1 heterocycles. The first-order valence-corrected chi connectivity index (χ1v) is 5.68. The molecule has 1 atom stereocenters. The number of amides is 1. The van der Waals surface area contributed by atoms with Crippen molar-refractivity contribution in [3.63, 3.8) is 0 Å². The van der Waals surface area contributed by atoms with Gasteiger partial charge in [0.25, 0.3) is 0 Å². The van der Waals surface area contributed by atoms with Gasteiger partial charge in [0, 0.05) is 12.0 Å². The van der Waals surface area contributed by atoms with E-state index in [1.807, 2.05) is 6.92 Å². The van der Waals surface area contributed by atoms with Gasteiger partial charge in [-0.05, 0) is 25.5 Å². The number of carbonyl (C=O) groups is 1. The predicted molar refractivity (Wildman–Crippen MR) is 66.9 cm³/mol. The lowest BCUT2D eigenvalue weighted by Gasteiger charge is -2.11. The van der Waals surface area contributed by atoms with Crippen LogP contribution in [0.5, 0.6) is 5.88 Å². The second-order valence-electron chi connectivity index (χ2n) is 3.91. The highest BCUT2D eigenvalue weighted by Crippen LogP contribution is 2.13. The van der Waals surface area contributed by atoms with Crippen LogP contribution in [0.4, 0.5) is 5.69 Å². The van der Waals surface area contributed by atoms with Gasteiger partial charge in [-0.1, -0.05) is 6.92 Å². The molecule has 3 N–H and O–H groups in total. The SMILES string of the molecule is COc1ccc(NC(=O)C(C)CCCN)cn1. The number of aromatic nitrogens is 1. The van der Waals surface area contributed by atoms with E-state index in [1.54, 1.807) is 25.4 Å². The van der Waals surface area contributed by atoms with Crippen molar-refractivity contribution >= 4 is 11.6 Å². The Morgan fingerprint density at radius 3 is 2.88 bits per heavy atom. The number of nitrogens with one attached hydrogen (secondary N) is 1. The van der Waals surface area contributed by atoms with Crippen molar-refractivity contribution in [2.24, 2.45) is 11.7 Å². The van der Waals surface area contributed by atoms with Crippen molar-refractivity contribution in [3.05, 3.63) is 18.3 Å². The number of hydrogen-bond donors (Lipinski definition) is 2. The Morgan fingerprint density at radius 1 is 1.59 bits per heavy atom. The Bertz CT molecular complexity index is 351. The topological polar surface area (TPSA) is 77.2 Å². The quantitative estimate of drug-likeness (QED) is 0.784. The second kappa shape index (κ2) is 6.85. The number of methoxy groups -OCH3 is 1. The Kier molecular flexibility index (Phi) is 5.42. The number of ether oxygens (including phenoxy) is 1. The smallest absolute Gasteiger partial charge is 0.227 e. The predicted octanol–water partition coefficient (Wildman–Crippen LogP) is 1.40. The average Bonchev–Trinajstić information content (AvgIpc) is 2.36. The van der Waals surface area contributed by atoms with E-state index in [-0.39, 0.29) is 11.8 Å². The Hall–Kier alpha value is -1.62. The average molecular weight is 237 g/mol. The van der Waals surface area contributed by atoms with E-state index in [0.717, 1.165) is 12.8 Å². The number of carbonyl (C=O) groups excluding carboxylic acids is 1. The Labute approximate surface area is 101 Å². The molecule has 1 rings (SSSR count). The fourth-order valence-corrected chi connectivity index (χ4v) is 1.40. The maximum Gasteiger partial charge on any atom is 0.227 e. The monoisotopic (exact) mass is 237 g/mol. The minimum Gasteiger partial charge on any atom is -0.481 e. The number of nitrogens with zero attached hydrogens (tertiary/aromatic N) is 1.